The van der Waals surface area contributed by atoms with E-state index < -0.39 is 0 Å². The van der Waals surface area contributed by atoms with Crippen LogP contribution in [0, 0.1) is 12.3 Å². The Morgan fingerprint density at radius 2 is 1.35 bits per heavy atom. The molecular weight excluding hydrogens is 598 g/mol. The van der Waals surface area contributed by atoms with Crippen molar-refractivity contribution >= 4 is 11.8 Å². The fourth-order valence-corrected chi connectivity index (χ4v) is 3.64. The molecule has 0 aliphatic rings. The summed E-state index contributed by atoms with van der Waals surface area (Å²) in [6.07, 6.45) is 7.46. The van der Waals surface area contributed by atoms with Gasteiger partial charge in [-0.15, -0.1) is 11.1 Å². The van der Waals surface area contributed by atoms with Crippen LogP contribution in [-0.2, 0) is 49.2 Å². The third-order valence-electron chi connectivity index (χ3n) is 5.93. The zero-order chi connectivity index (χ0) is 32.9. The van der Waals surface area contributed by atoms with Crippen molar-refractivity contribution in [2.45, 2.75) is 19.4 Å². The zero-order valence-corrected chi connectivity index (χ0v) is 26.6. The Kier molecular flexibility index (Phi) is 22.3. The first kappa shape index (κ1) is 38.6. The summed E-state index contributed by atoms with van der Waals surface area (Å²) in [6, 6.07) is 11.2. The van der Waals surface area contributed by atoms with Crippen LogP contribution in [0.15, 0.2) is 49.1 Å². The topological polar surface area (TPSA) is 143 Å². The van der Waals surface area contributed by atoms with Crippen LogP contribution in [-0.4, -0.2) is 110 Å². The number of nitrogens with two attached hydrogens (primary N) is 1. The summed E-state index contributed by atoms with van der Waals surface area (Å²) in [7, 11) is 0. The fourth-order valence-electron chi connectivity index (χ4n) is 3.64. The Hall–Kier alpha value is -3.61. The number of rotatable bonds is 29. The summed E-state index contributed by atoms with van der Waals surface area (Å²) in [5.41, 5.74) is 7.72. The minimum Gasteiger partial charge on any atom is -0.468 e. The second kappa shape index (κ2) is 26.6. The van der Waals surface area contributed by atoms with Crippen molar-refractivity contribution in [3.63, 3.8) is 0 Å². The van der Waals surface area contributed by atoms with E-state index in [0.717, 1.165) is 11.3 Å². The smallest absolute Gasteiger partial charge is 0.306 e. The molecule has 2 rings (SSSR count). The van der Waals surface area contributed by atoms with Crippen molar-refractivity contribution in [3.8, 4) is 29.4 Å². The summed E-state index contributed by atoms with van der Waals surface area (Å²) in [5, 5.41) is 4.61. The number of nitrogen functional groups attached to an aromatic ring is 1. The van der Waals surface area contributed by atoms with Gasteiger partial charge in [0.2, 0.25) is 0 Å². The molecule has 0 aliphatic heterocycles. The predicted octanol–water partition coefficient (Wildman–Crippen LogP) is 2.21. The van der Waals surface area contributed by atoms with Crippen LogP contribution in [0.3, 0.4) is 0 Å². The summed E-state index contributed by atoms with van der Waals surface area (Å²) >= 11 is 0. The van der Waals surface area contributed by atoms with Gasteiger partial charge in [0.05, 0.1) is 79.3 Å². The average molecular weight is 647 g/mol. The Labute approximate surface area is 271 Å². The van der Waals surface area contributed by atoms with Gasteiger partial charge < -0.3 is 42.6 Å². The van der Waals surface area contributed by atoms with Gasteiger partial charge in [-0.1, -0.05) is 23.7 Å². The second-order valence-electron chi connectivity index (χ2n) is 9.46. The molecule has 2 aromatic rings. The molecule has 1 aromatic heterocycles. The van der Waals surface area contributed by atoms with E-state index in [1.807, 2.05) is 30.3 Å². The number of hydrogen-bond donors (Lipinski definition) is 1. The number of benzene rings is 1. The number of nitrogens with zero attached hydrogens (tertiary/aromatic N) is 2. The highest BCUT2D eigenvalue weighted by Crippen LogP contribution is 2.20. The van der Waals surface area contributed by atoms with Gasteiger partial charge in [0.1, 0.15) is 31.2 Å². The molecule has 0 bridgehead atoms. The third-order valence-corrected chi connectivity index (χ3v) is 5.93. The number of carbonyl (C=O) groups excluding carboxylic acids is 1. The molecule has 0 saturated heterocycles. The molecule has 1 aromatic carbocycles. The number of carbonyl (C=O) groups is 1. The van der Waals surface area contributed by atoms with Gasteiger partial charge in [0.15, 0.2) is 6.79 Å². The number of hydrogen-bond acceptors (Lipinski definition) is 12. The SMILES string of the molecule is C#CCOCCOCCOCCOCCOCCOCCOCOc1ccc(-c2ccc(N)[n+](CCCC(=O)OCC=C)n2)cc1. The van der Waals surface area contributed by atoms with Crippen LogP contribution in [0.1, 0.15) is 12.8 Å². The third kappa shape index (κ3) is 19.0. The predicted molar refractivity (Wildman–Crippen MR) is 170 cm³/mol. The molecule has 0 aliphatic carbocycles. The van der Waals surface area contributed by atoms with Crippen LogP contribution < -0.4 is 15.2 Å². The van der Waals surface area contributed by atoms with Gasteiger partial charge in [0, 0.05) is 18.1 Å². The number of aryl methyl sites for hydroxylation is 1. The quantitative estimate of drug-likeness (QED) is 0.0346. The van der Waals surface area contributed by atoms with Crippen LogP contribution in [0.5, 0.6) is 5.75 Å². The zero-order valence-electron chi connectivity index (χ0n) is 26.6. The summed E-state index contributed by atoms with van der Waals surface area (Å²) in [4.78, 5) is 11.7. The van der Waals surface area contributed by atoms with E-state index in [1.54, 1.807) is 10.7 Å². The number of aromatic nitrogens is 2. The summed E-state index contributed by atoms with van der Waals surface area (Å²) in [6.45, 7) is 10.3. The average Bonchev–Trinajstić information content (AvgIpc) is 3.07. The molecule has 1 heterocycles. The number of ether oxygens (including phenoxy) is 9. The highest BCUT2D eigenvalue weighted by molar-refractivity contribution is 5.69. The van der Waals surface area contributed by atoms with Crippen molar-refractivity contribution in [1.82, 2.24) is 5.10 Å². The van der Waals surface area contributed by atoms with Crippen molar-refractivity contribution in [3.05, 3.63) is 49.1 Å². The molecule has 13 heteroatoms. The maximum atomic E-state index is 11.7. The van der Waals surface area contributed by atoms with Gasteiger partial charge in [-0.05, 0) is 36.8 Å². The van der Waals surface area contributed by atoms with E-state index in [4.69, 9.17) is 54.8 Å². The normalized spacial score (nSPS) is 10.8. The lowest BCUT2D eigenvalue weighted by atomic mass is 10.1. The van der Waals surface area contributed by atoms with E-state index >= 15 is 0 Å². The molecule has 0 saturated carbocycles. The molecular formula is C33H48N3O10+. The van der Waals surface area contributed by atoms with Crippen molar-refractivity contribution in [2.24, 2.45) is 0 Å². The maximum absolute atomic E-state index is 11.7. The first-order valence-electron chi connectivity index (χ1n) is 15.3. The van der Waals surface area contributed by atoms with Crippen LogP contribution in [0.25, 0.3) is 11.3 Å². The van der Waals surface area contributed by atoms with E-state index in [9.17, 15) is 4.79 Å². The van der Waals surface area contributed by atoms with E-state index in [0.29, 0.717) is 110 Å². The lowest BCUT2D eigenvalue weighted by molar-refractivity contribution is -0.739. The van der Waals surface area contributed by atoms with Crippen molar-refractivity contribution < 1.29 is 52.1 Å². The molecule has 0 spiro atoms. The first-order chi connectivity index (χ1) is 22.6. The Balaban J connectivity index is 1.43. The molecule has 0 fully saturated rings. The van der Waals surface area contributed by atoms with Crippen LogP contribution in [0.4, 0.5) is 5.82 Å². The number of terminal acetylenes is 1. The fraction of sp³-hybridized carbons (Fsp3) is 0.545. The summed E-state index contributed by atoms with van der Waals surface area (Å²) in [5.74, 6) is 3.30. The Morgan fingerprint density at radius 1 is 0.804 bits per heavy atom. The van der Waals surface area contributed by atoms with E-state index in [-0.39, 0.29) is 25.8 Å². The standard InChI is InChI=1S/C33H47N3O10/c1-3-14-38-16-17-39-18-19-40-20-21-41-22-23-42-24-25-43-26-27-44-28-46-30-9-7-29(8-10-30)31-11-12-32(34)36(35-31)13-5-6-33(37)45-15-4-2/h1,4,7-12,34H,2,5-6,13-28H2/p+1. The highest BCUT2D eigenvalue weighted by atomic mass is 16.7. The molecule has 0 unspecified atom stereocenters. The lowest BCUT2D eigenvalue weighted by Gasteiger charge is -2.09. The molecule has 0 amide bonds. The molecule has 13 nitrogen and oxygen atoms in total. The first-order valence-corrected chi connectivity index (χ1v) is 15.3. The Morgan fingerprint density at radius 3 is 1.89 bits per heavy atom. The molecule has 2 N–H and O–H groups in total. The number of esters is 1. The monoisotopic (exact) mass is 646 g/mol. The van der Waals surface area contributed by atoms with Crippen molar-refractivity contribution in [2.75, 3.05) is 105 Å². The van der Waals surface area contributed by atoms with Gasteiger partial charge in [-0.2, -0.15) is 0 Å². The maximum Gasteiger partial charge on any atom is 0.306 e. The summed E-state index contributed by atoms with van der Waals surface area (Å²) < 4.78 is 50.1. The van der Waals surface area contributed by atoms with Crippen molar-refractivity contribution in [1.29, 1.82) is 0 Å². The molecule has 254 valence electrons. The van der Waals surface area contributed by atoms with Gasteiger partial charge in [0.25, 0.3) is 5.82 Å². The molecule has 0 atom stereocenters. The number of anilines is 1. The molecule has 46 heavy (non-hydrogen) atoms. The van der Waals surface area contributed by atoms with Gasteiger partial charge >= 0.3 is 5.97 Å². The van der Waals surface area contributed by atoms with Gasteiger partial charge in [-0.25, -0.2) is 0 Å². The highest BCUT2D eigenvalue weighted by Gasteiger charge is 2.11. The van der Waals surface area contributed by atoms with E-state index in [1.165, 1.54) is 6.08 Å². The largest absolute Gasteiger partial charge is 0.468 e. The Bertz CT molecular complexity index is 1130. The minimum atomic E-state index is -0.275. The van der Waals surface area contributed by atoms with Crippen LogP contribution >= 0.6 is 0 Å². The van der Waals surface area contributed by atoms with E-state index in [2.05, 4.69) is 17.6 Å². The molecule has 0 radical (unpaired) electrons. The second-order valence-corrected chi connectivity index (χ2v) is 9.46. The van der Waals surface area contributed by atoms with Crippen LogP contribution in [0.2, 0.25) is 0 Å². The lowest BCUT2D eigenvalue weighted by Crippen LogP contribution is -2.41. The van der Waals surface area contributed by atoms with Gasteiger partial charge in [-0.3, -0.25) is 10.5 Å². The minimum absolute atomic E-state index is 0.102.